The van der Waals surface area contributed by atoms with Crippen LogP contribution in [-0.2, 0) is 11.8 Å². The highest BCUT2D eigenvalue weighted by Crippen LogP contribution is 2.23. The van der Waals surface area contributed by atoms with Gasteiger partial charge in [0.1, 0.15) is 0 Å². The topological polar surface area (TPSA) is 59.8 Å². The van der Waals surface area contributed by atoms with Crippen molar-refractivity contribution in [3.8, 4) is 11.4 Å². The molecule has 0 unspecified atom stereocenters. The molecule has 0 bridgehead atoms. The lowest BCUT2D eigenvalue weighted by molar-refractivity contribution is -0.113. The Morgan fingerprint density at radius 2 is 1.92 bits per heavy atom. The summed E-state index contributed by atoms with van der Waals surface area (Å²) in [6.45, 7) is 2.05. The summed E-state index contributed by atoms with van der Waals surface area (Å²) in [4.78, 5) is 13.3. The Kier molecular flexibility index (Phi) is 6.00. The molecule has 1 N–H and O–H groups in total. The number of anilines is 1. The minimum atomic E-state index is -0.0619. The number of carbonyl (C=O) groups is 1. The van der Waals surface area contributed by atoms with E-state index in [9.17, 15) is 4.79 Å². The number of aryl methyl sites for hydroxylation is 1. The van der Waals surface area contributed by atoms with Gasteiger partial charge in [-0.25, -0.2) is 0 Å². The summed E-state index contributed by atoms with van der Waals surface area (Å²) < 4.78 is 1.91. The molecule has 3 rings (SSSR count). The number of nitrogens with zero attached hydrogens (tertiary/aromatic N) is 3. The molecule has 1 amide bonds. The van der Waals surface area contributed by atoms with Crippen LogP contribution < -0.4 is 5.32 Å². The molecule has 0 aliphatic carbocycles. The van der Waals surface area contributed by atoms with Crippen LogP contribution in [-0.4, -0.2) is 32.7 Å². The predicted molar refractivity (Wildman–Crippen MR) is 109 cm³/mol. The second kappa shape index (κ2) is 8.42. The van der Waals surface area contributed by atoms with Gasteiger partial charge >= 0.3 is 0 Å². The number of thioether (sulfide) groups is 2. The van der Waals surface area contributed by atoms with Gasteiger partial charge in [0.2, 0.25) is 5.91 Å². The molecule has 0 fully saturated rings. The van der Waals surface area contributed by atoms with E-state index in [4.69, 9.17) is 0 Å². The maximum Gasteiger partial charge on any atom is 0.234 e. The van der Waals surface area contributed by atoms with Crippen LogP contribution in [0.5, 0.6) is 0 Å². The lowest BCUT2D eigenvalue weighted by Gasteiger charge is -2.07. The van der Waals surface area contributed by atoms with Crippen LogP contribution in [0.15, 0.2) is 58.6 Å². The minimum absolute atomic E-state index is 0.0619. The van der Waals surface area contributed by atoms with Crippen molar-refractivity contribution < 1.29 is 4.79 Å². The normalized spacial score (nSPS) is 10.7. The predicted octanol–water partition coefficient (Wildman–Crippen LogP) is 4.24. The van der Waals surface area contributed by atoms with Gasteiger partial charge in [-0.1, -0.05) is 47.7 Å². The summed E-state index contributed by atoms with van der Waals surface area (Å²) in [6, 6.07) is 16.0. The van der Waals surface area contributed by atoms with Gasteiger partial charge in [-0.15, -0.1) is 22.0 Å². The summed E-state index contributed by atoms with van der Waals surface area (Å²) >= 11 is 3.02. The minimum Gasteiger partial charge on any atom is -0.325 e. The van der Waals surface area contributed by atoms with Crippen LogP contribution in [0.2, 0.25) is 0 Å². The molecule has 1 aromatic heterocycles. The number of amides is 1. The second-order valence-electron chi connectivity index (χ2n) is 5.80. The van der Waals surface area contributed by atoms with Gasteiger partial charge in [-0.05, 0) is 31.4 Å². The van der Waals surface area contributed by atoms with Crippen molar-refractivity contribution in [1.82, 2.24) is 14.8 Å². The number of carbonyl (C=O) groups excluding carboxylic acids is 1. The molecule has 5 nitrogen and oxygen atoms in total. The lowest BCUT2D eigenvalue weighted by atomic mass is 10.1. The van der Waals surface area contributed by atoms with Crippen molar-refractivity contribution in [3.63, 3.8) is 0 Å². The highest BCUT2D eigenvalue weighted by Gasteiger charge is 2.13. The zero-order valence-electron chi connectivity index (χ0n) is 14.9. The number of nitrogens with one attached hydrogen (secondary N) is 1. The molecular formula is C19H20N4OS2. The second-order valence-corrected chi connectivity index (χ2v) is 7.62. The Hall–Kier alpha value is -2.25. The first kappa shape index (κ1) is 18.5. The van der Waals surface area contributed by atoms with E-state index in [1.54, 1.807) is 11.8 Å². The zero-order valence-corrected chi connectivity index (χ0v) is 16.5. The van der Waals surface area contributed by atoms with Crippen LogP contribution in [0.3, 0.4) is 0 Å². The maximum absolute atomic E-state index is 12.2. The molecule has 7 heteroatoms. The summed E-state index contributed by atoms with van der Waals surface area (Å²) in [5.74, 6) is 1.01. The van der Waals surface area contributed by atoms with Crippen molar-refractivity contribution in [2.75, 3.05) is 17.3 Å². The molecule has 26 heavy (non-hydrogen) atoms. The van der Waals surface area contributed by atoms with E-state index < -0.39 is 0 Å². The van der Waals surface area contributed by atoms with Gasteiger partial charge in [0, 0.05) is 23.2 Å². The van der Waals surface area contributed by atoms with E-state index in [1.807, 2.05) is 66.4 Å². The Bertz CT molecular complexity index is 906. The first-order valence-corrected chi connectivity index (χ1v) is 10.3. The van der Waals surface area contributed by atoms with Crippen LogP contribution in [0, 0.1) is 6.92 Å². The first-order valence-electron chi connectivity index (χ1n) is 8.10. The van der Waals surface area contributed by atoms with Gasteiger partial charge in [0.15, 0.2) is 11.0 Å². The van der Waals surface area contributed by atoms with E-state index in [0.717, 1.165) is 22.0 Å². The summed E-state index contributed by atoms with van der Waals surface area (Å²) in [6.07, 6.45) is 2.01. The van der Waals surface area contributed by atoms with Crippen LogP contribution >= 0.6 is 23.5 Å². The van der Waals surface area contributed by atoms with Crippen LogP contribution in [0.4, 0.5) is 5.69 Å². The molecule has 2 aromatic carbocycles. The van der Waals surface area contributed by atoms with Gasteiger partial charge in [0.05, 0.1) is 5.75 Å². The number of benzene rings is 2. The SMILES string of the molecule is CSc1cccc(NC(=O)CSc2nnc(-c3ccc(C)cc3)n2C)c1. The monoisotopic (exact) mass is 384 g/mol. The van der Waals surface area contributed by atoms with Crippen molar-refractivity contribution in [3.05, 3.63) is 54.1 Å². The molecule has 134 valence electrons. The van der Waals surface area contributed by atoms with Crippen molar-refractivity contribution in [2.45, 2.75) is 17.0 Å². The number of aromatic nitrogens is 3. The van der Waals surface area contributed by atoms with E-state index in [0.29, 0.717) is 5.16 Å². The lowest BCUT2D eigenvalue weighted by Crippen LogP contribution is -2.14. The number of hydrogen-bond acceptors (Lipinski definition) is 5. The van der Waals surface area contributed by atoms with Crippen LogP contribution in [0.25, 0.3) is 11.4 Å². The Morgan fingerprint density at radius 3 is 2.65 bits per heavy atom. The molecule has 0 atom stereocenters. The molecule has 0 radical (unpaired) electrons. The highest BCUT2D eigenvalue weighted by molar-refractivity contribution is 7.99. The molecule has 3 aromatic rings. The molecule has 0 saturated heterocycles. The third kappa shape index (κ3) is 4.47. The Morgan fingerprint density at radius 1 is 1.15 bits per heavy atom. The quantitative estimate of drug-likeness (QED) is 0.644. The molecule has 0 saturated carbocycles. The standard InChI is InChI=1S/C19H20N4OS2/c1-13-7-9-14(10-8-13)18-21-22-19(23(18)2)26-12-17(24)20-15-5-4-6-16(11-15)25-3/h4-11H,12H2,1-3H3,(H,20,24). The number of hydrogen-bond donors (Lipinski definition) is 1. The fraction of sp³-hybridized carbons (Fsp3) is 0.211. The maximum atomic E-state index is 12.2. The van der Waals surface area contributed by atoms with Gasteiger partial charge in [-0.2, -0.15) is 0 Å². The van der Waals surface area contributed by atoms with Gasteiger partial charge < -0.3 is 9.88 Å². The third-order valence-electron chi connectivity index (χ3n) is 3.83. The van der Waals surface area contributed by atoms with Gasteiger partial charge in [0.25, 0.3) is 0 Å². The van der Waals surface area contributed by atoms with E-state index in [2.05, 4.69) is 22.4 Å². The average Bonchev–Trinajstić information content (AvgIpc) is 3.01. The summed E-state index contributed by atoms with van der Waals surface area (Å²) in [7, 11) is 1.91. The highest BCUT2D eigenvalue weighted by atomic mass is 32.2. The van der Waals surface area contributed by atoms with E-state index in [1.165, 1.54) is 17.3 Å². The third-order valence-corrected chi connectivity index (χ3v) is 5.58. The average molecular weight is 385 g/mol. The molecular weight excluding hydrogens is 364 g/mol. The fourth-order valence-electron chi connectivity index (χ4n) is 2.42. The molecule has 0 aliphatic rings. The number of rotatable bonds is 6. The van der Waals surface area contributed by atoms with Crippen molar-refractivity contribution in [2.24, 2.45) is 7.05 Å². The summed E-state index contributed by atoms with van der Waals surface area (Å²) in [5, 5.41) is 12.1. The summed E-state index contributed by atoms with van der Waals surface area (Å²) in [5.41, 5.74) is 3.02. The van der Waals surface area contributed by atoms with Crippen molar-refractivity contribution >= 4 is 35.1 Å². The van der Waals surface area contributed by atoms with E-state index in [-0.39, 0.29) is 11.7 Å². The van der Waals surface area contributed by atoms with E-state index >= 15 is 0 Å². The molecule has 1 heterocycles. The fourth-order valence-corrected chi connectivity index (χ4v) is 3.59. The largest absolute Gasteiger partial charge is 0.325 e. The Labute approximate surface area is 161 Å². The molecule has 0 aliphatic heterocycles. The first-order chi connectivity index (χ1) is 12.6. The van der Waals surface area contributed by atoms with Crippen molar-refractivity contribution in [1.29, 1.82) is 0 Å². The Balaban J connectivity index is 1.62. The smallest absolute Gasteiger partial charge is 0.234 e. The zero-order chi connectivity index (χ0) is 18.5. The van der Waals surface area contributed by atoms with Crippen LogP contribution in [0.1, 0.15) is 5.56 Å². The molecule has 0 spiro atoms. The van der Waals surface area contributed by atoms with Gasteiger partial charge in [-0.3, -0.25) is 4.79 Å².